The van der Waals surface area contributed by atoms with Crippen LogP contribution in [0.1, 0.15) is 16.4 Å². The van der Waals surface area contributed by atoms with E-state index in [0.717, 1.165) is 16.5 Å². The first-order chi connectivity index (χ1) is 14.6. The summed E-state index contributed by atoms with van der Waals surface area (Å²) in [7, 11) is -3.67. The zero-order valence-corrected chi connectivity index (χ0v) is 17.1. The van der Waals surface area contributed by atoms with Crippen LogP contribution >= 0.6 is 0 Å². The SMILES string of the molecule is O=C(Cc1c[nH]c2ccccc12)NC[C@H](c1ccccc1)S(=O)(=O)c1ccccc1. The highest BCUT2D eigenvalue weighted by atomic mass is 32.2. The minimum atomic E-state index is -3.67. The second-order valence-corrected chi connectivity index (χ2v) is 9.23. The van der Waals surface area contributed by atoms with Crippen LogP contribution in [0.5, 0.6) is 0 Å². The van der Waals surface area contributed by atoms with Crippen molar-refractivity contribution in [3.05, 3.63) is 102 Å². The van der Waals surface area contributed by atoms with Gasteiger partial charge >= 0.3 is 0 Å². The monoisotopic (exact) mass is 418 g/mol. The average Bonchev–Trinajstić information content (AvgIpc) is 3.18. The molecule has 30 heavy (non-hydrogen) atoms. The molecule has 0 aliphatic rings. The van der Waals surface area contributed by atoms with Crippen LogP contribution in [0.3, 0.4) is 0 Å². The number of sulfone groups is 1. The highest BCUT2D eigenvalue weighted by Crippen LogP contribution is 2.28. The number of aromatic nitrogens is 1. The number of H-pyrrole nitrogens is 1. The molecule has 3 aromatic carbocycles. The lowest BCUT2D eigenvalue weighted by Gasteiger charge is -2.19. The number of carbonyl (C=O) groups is 1. The largest absolute Gasteiger partial charge is 0.361 e. The Morgan fingerprint density at radius 3 is 2.23 bits per heavy atom. The number of hydrogen-bond donors (Lipinski definition) is 2. The van der Waals surface area contributed by atoms with Gasteiger partial charge in [-0.05, 0) is 29.3 Å². The van der Waals surface area contributed by atoms with Gasteiger partial charge in [0.25, 0.3) is 0 Å². The third-order valence-electron chi connectivity index (χ3n) is 5.13. The van der Waals surface area contributed by atoms with E-state index < -0.39 is 15.1 Å². The van der Waals surface area contributed by atoms with E-state index in [4.69, 9.17) is 0 Å². The van der Waals surface area contributed by atoms with Crippen molar-refractivity contribution >= 4 is 26.6 Å². The summed E-state index contributed by atoms with van der Waals surface area (Å²) in [6, 6.07) is 25.1. The Morgan fingerprint density at radius 1 is 0.867 bits per heavy atom. The van der Waals surface area contributed by atoms with E-state index in [9.17, 15) is 13.2 Å². The Bertz CT molecular complexity index is 1250. The van der Waals surface area contributed by atoms with Crippen LogP contribution in [0.2, 0.25) is 0 Å². The third kappa shape index (κ3) is 4.14. The van der Waals surface area contributed by atoms with Crippen LogP contribution < -0.4 is 5.32 Å². The van der Waals surface area contributed by atoms with Crippen LogP contribution in [-0.4, -0.2) is 25.9 Å². The molecular formula is C24H22N2O3S. The topological polar surface area (TPSA) is 79.0 Å². The zero-order valence-electron chi connectivity index (χ0n) is 16.3. The molecule has 0 unspecified atom stereocenters. The maximum Gasteiger partial charge on any atom is 0.224 e. The highest BCUT2D eigenvalue weighted by molar-refractivity contribution is 7.91. The molecule has 0 fully saturated rings. The van der Waals surface area contributed by atoms with Crippen LogP contribution in [0.15, 0.2) is 96.0 Å². The number of aromatic amines is 1. The van der Waals surface area contributed by atoms with Gasteiger partial charge in [-0.15, -0.1) is 0 Å². The number of benzene rings is 3. The summed E-state index contributed by atoms with van der Waals surface area (Å²) in [5, 5.41) is 2.95. The number of carbonyl (C=O) groups excluding carboxylic acids is 1. The smallest absolute Gasteiger partial charge is 0.224 e. The summed E-state index contributed by atoms with van der Waals surface area (Å²) in [4.78, 5) is 16.0. The Hall–Kier alpha value is -3.38. The van der Waals surface area contributed by atoms with Crippen molar-refractivity contribution in [1.29, 1.82) is 0 Å². The lowest BCUT2D eigenvalue weighted by atomic mass is 10.1. The molecule has 4 rings (SSSR count). The first kappa shape index (κ1) is 19.9. The van der Waals surface area contributed by atoms with E-state index in [2.05, 4.69) is 10.3 Å². The van der Waals surface area contributed by atoms with Gasteiger partial charge in [0.15, 0.2) is 9.84 Å². The Balaban J connectivity index is 1.54. The van der Waals surface area contributed by atoms with E-state index in [1.165, 1.54) is 0 Å². The summed E-state index contributed by atoms with van der Waals surface area (Å²) < 4.78 is 26.6. The van der Waals surface area contributed by atoms with Gasteiger partial charge in [0.1, 0.15) is 5.25 Å². The molecule has 2 N–H and O–H groups in total. The second-order valence-electron chi connectivity index (χ2n) is 7.10. The molecule has 152 valence electrons. The molecule has 1 atom stereocenters. The summed E-state index contributed by atoms with van der Waals surface area (Å²) in [5.74, 6) is -0.219. The molecule has 4 aromatic rings. The molecule has 0 bridgehead atoms. The molecule has 0 spiro atoms. The molecule has 5 nitrogen and oxygen atoms in total. The van der Waals surface area contributed by atoms with Crippen molar-refractivity contribution in [1.82, 2.24) is 10.3 Å². The Kier molecular flexibility index (Phi) is 5.68. The summed E-state index contributed by atoms with van der Waals surface area (Å²) in [6.07, 6.45) is 2.00. The predicted octanol–water partition coefficient (Wildman–Crippen LogP) is 4.04. The fourth-order valence-corrected chi connectivity index (χ4v) is 5.25. The lowest BCUT2D eigenvalue weighted by molar-refractivity contribution is -0.120. The van der Waals surface area contributed by atoms with E-state index in [1.54, 1.807) is 54.6 Å². The fourth-order valence-electron chi connectivity index (χ4n) is 3.57. The number of fused-ring (bicyclic) bond motifs is 1. The normalized spacial score (nSPS) is 12.5. The van der Waals surface area contributed by atoms with E-state index in [0.29, 0.717) is 5.56 Å². The maximum absolute atomic E-state index is 13.3. The van der Waals surface area contributed by atoms with Gasteiger partial charge < -0.3 is 10.3 Å². The Morgan fingerprint density at radius 2 is 1.50 bits per heavy atom. The molecule has 1 aromatic heterocycles. The zero-order chi connectivity index (χ0) is 21.0. The third-order valence-corrected chi connectivity index (χ3v) is 7.25. The molecule has 0 saturated carbocycles. The standard InChI is InChI=1S/C24H22N2O3S/c27-24(15-19-16-25-22-14-8-7-13-21(19)22)26-17-23(18-9-3-1-4-10-18)30(28,29)20-11-5-2-6-12-20/h1-14,16,23,25H,15,17H2,(H,26,27)/t23-/m1/s1. The minimum absolute atomic E-state index is 0.00241. The lowest BCUT2D eigenvalue weighted by Crippen LogP contribution is -2.32. The van der Waals surface area contributed by atoms with Crippen molar-refractivity contribution in [2.45, 2.75) is 16.6 Å². The Labute approximate surface area is 175 Å². The highest BCUT2D eigenvalue weighted by Gasteiger charge is 2.29. The van der Waals surface area contributed by atoms with E-state index in [1.807, 2.05) is 36.5 Å². The summed E-state index contributed by atoms with van der Waals surface area (Å²) >= 11 is 0. The van der Waals surface area contributed by atoms with Crippen molar-refractivity contribution < 1.29 is 13.2 Å². The molecule has 0 aliphatic heterocycles. The van der Waals surface area contributed by atoms with Crippen molar-refractivity contribution in [3.8, 4) is 0 Å². The van der Waals surface area contributed by atoms with E-state index in [-0.39, 0.29) is 23.8 Å². The number of hydrogen-bond acceptors (Lipinski definition) is 3. The summed E-state index contributed by atoms with van der Waals surface area (Å²) in [5.41, 5.74) is 2.49. The van der Waals surface area contributed by atoms with Gasteiger partial charge in [-0.2, -0.15) is 0 Å². The van der Waals surface area contributed by atoms with Crippen LogP contribution in [-0.2, 0) is 21.1 Å². The molecule has 1 amide bonds. The van der Waals surface area contributed by atoms with Gasteiger partial charge in [-0.1, -0.05) is 66.7 Å². The van der Waals surface area contributed by atoms with Crippen LogP contribution in [0, 0.1) is 0 Å². The fraction of sp³-hybridized carbons (Fsp3) is 0.125. The van der Waals surface area contributed by atoms with Gasteiger partial charge in [0.2, 0.25) is 5.91 Å². The predicted molar refractivity (Wildman–Crippen MR) is 118 cm³/mol. The number of nitrogens with one attached hydrogen (secondary N) is 2. The molecule has 0 radical (unpaired) electrons. The van der Waals surface area contributed by atoms with Crippen molar-refractivity contribution in [2.75, 3.05) is 6.54 Å². The molecule has 6 heteroatoms. The number of rotatable bonds is 7. The van der Waals surface area contributed by atoms with Crippen molar-refractivity contribution in [2.24, 2.45) is 0 Å². The summed E-state index contributed by atoms with van der Waals surface area (Å²) in [6.45, 7) is 0.00241. The first-order valence-corrected chi connectivity index (χ1v) is 11.3. The van der Waals surface area contributed by atoms with Crippen LogP contribution in [0.25, 0.3) is 10.9 Å². The van der Waals surface area contributed by atoms with E-state index >= 15 is 0 Å². The minimum Gasteiger partial charge on any atom is -0.361 e. The van der Waals surface area contributed by atoms with Gasteiger partial charge in [-0.25, -0.2) is 8.42 Å². The van der Waals surface area contributed by atoms with Gasteiger partial charge in [0.05, 0.1) is 11.3 Å². The molecule has 0 saturated heterocycles. The number of amides is 1. The second kappa shape index (κ2) is 8.55. The van der Waals surface area contributed by atoms with Crippen molar-refractivity contribution in [3.63, 3.8) is 0 Å². The maximum atomic E-state index is 13.3. The average molecular weight is 419 g/mol. The molecular weight excluding hydrogens is 396 g/mol. The van der Waals surface area contributed by atoms with Gasteiger partial charge in [-0.3, -0.25) is 4.79 Å². The first-order valence-electron chi connectivity index (χ1n) is 9.71. The van der Waals surface area contributed by atoms with Crippen LogP contribution in [0.4, 0.5) is 0 Å². The molecule has 1 heterocycles. The van der Waals surface area contributed by atoms with Gasteiger partial charge in [0, 0.05) is 23.6 Å². The quantitative estimate of drug-likeness (QED) is 0.475. The molecule has 0 aliphatic carbocycles. The number of para-hydroxylation sites is 1.